The van der Waals surface area contributed by atoms with Gasteiger partial charge in [0.2, 0.25) is 5.91 Å². The summed E-state index contributed by atoms with van der Waals surface area (Å²) in [4.78, 5) is 35.0. The number of methoxy groups -OCH3 is 2. The first kappa shape index (κ1) is 25.4. The molecule has 0 unspecified atom stereocenters. The Kier molecular flexibility index (Phi) is 6.95. The monoisotopic (exact) mass is 541 g/mol. The third kappa shape index (κ3) is 4.74. The Morgan fingerprint density at radius 3 is 2.41 bits per heavy atom. The van der Waals surface area contributed by atoms with Crippen LogP contribution in [0.2, 0.25) is 0 Å². The first-order valence-corrected chi connectivity index (χ1v) is 14.2. The first-order valence-electron chi connectivity index (χ1n) is 13.4. The second kappa shape index (κ2) is 10.7. The van der Waals surface area contributed by atoms with Crippen molar-refractivity contribution >= 4 is 38.5 Å². The van der Waals surface area contributed by atoms with E-state index in [0.717, 1.165) is 58.5 Å². The van der Waals surface area contributed by atoms with Gasteiger partial charge in [-0.15, -0.1) is 0 Å². The quantitative estimate of drug-likeness (QED) is 0.299. The molecule has 2 amide bonds. The molecule has 1 aromatic heterocycles. The van der Waals surface area contributed by atoms with Crippen molar-refractivity contribution in [3.63, 3.8) is 0 Å². The van der Waals surface area contributed by atoms with Gasteiger partial charge in [-0.1, -0.05) is 60.9 Å². The third-order valence-electron chi connectivity index (χ3n) is 7.91. The van der Waals surface area contributed by atoms with E-state index in [1.807, 2.05) is 71.6 Å². The number of benzene rings is 3. The highest BCUT2D eigenvalue weighted by Crippen LogP contribution is 2.46. The van der Waals surface area contributed by atoms with Crippen LogP contribution in [-0.4, -0.2) is 42.0 Å². The molecule has 1 fully saturated rings. The minimum absolute atomic E-state index is 0.00514. The lowest BCUT2D eigenvalue weighted by Gasteiger charge is -2.46. The summed E-state index contributed by atoms with van der Waals surface area (Å²) in [6.45, 7) is 0. The molecule has 1 N–H and O–H groups in total. The fourth-order valence-electron chi connectivity index (χ4n) is 6.02. The van der Waals surface area contributed by atoms with Gasteiger partial charge in [0.05, 0.1) is 36.4 Å². The van der Waals surface area contributed by atoms with E-state index in [1.165, 1.54) is 17.8 Å². The largest absolute Gasteiger partial charge is 0.497 e. The standard InChI is InChI=1S/C31H31N3O4S/c1-37-21-14-12-19(13-15-21)28-27(29(35)33-31-32-25-17-16-22(38-2)18-26(25)39-31)23-10-6-7-11-24(23)30(36)34(28)20-8-4-3-5-9-20/h6-7,10-18,20,27-28H,3-5,8-9H2,1-2H3,(H,32,33,35)/t27-,28-/m1/s1. The molecule has 2 heterocycles. The Balaban J connectivity index is 1.44. The molecule has 1 aliphatic heterocycles. The minimum atomic E-state index is -0.601. The molecule has 6 rings (SSSR count). The lowest BCUT2D eigenvalue weighted by molar-refractivity contribution is -0.119. The summed E-state index contributed by atoms with van der Waals surface area (Å²) in [5, 5.41) is 3.63. The molecule has 3 aromatic carbocycles. The molecule has 2 atom stereocenters. The van der Waals surface area contributed by atoms with Gasteiger partial charge >= 0.3 is 0 Å². The number of carbonyl (C=O) groups excluding carboxylic acids is 2. The van der Waals surface area contributed by atoms with Crippen LogP contribution in [0.1, 0.15) is 65.5 Å². The molecule has 0 saturated heterocycles. The van der Waals surface area contributed by atoms with Gasteiger partial charge < -0.3 is 19.7 Å². The van der Waals surface area contributed by atoms with Gasteiger partial charge in [-0.05, 0) is 60.4 Å². The SMILES string of the molecule is COc1ccc([C@@H]2[C@H](C(=O)Nc3nc4ccc(OC)cc4s3)c3ccccc3C(=O)N2C2CCCCC2)cc1. The average molecular weight is 542 g/mol. The Morgan fingerprint density at radius 1 is 0.949 bits per heavy atom. The zero-order chi connectivity index (χ0) is 26.9. The van der Waals surface area contributed by atoms with E-state index in [4.69, 9.17) is 9.47 Å². The smallest absolute Gasteiger partial charge is 0.254 e. The second-order valence-electron chi connectivity index (χ2n) is 10.1. The van der Waals surface area contributed by atoms with E-state index in [2.05, 4.69) is 10.3 Å². The third-order valence-corrected chi connectivity index (χ3v) is 8.84. The van der Waals surface area contributed by atoms with Crippen molar-refractivity contribution in [3.05, 3.63) is 83.4 Å². The first-order chi connectivity index (χ1) is 19.1. The van der Waals surface area contributed by atoms with Gasteiger partial charge in [0.15, 0.2) is 5.13 Å². The molecule has 1 aliphatic carbocycles. The molecule has 7 nitrogen and oxygen atoms in total. The number of aromatic nitrogens is 1. The van der Waals surface area contributed by atoms with Crippen molar-refractivity contribution in [2.24, 2.45) is 0 Å². The van der Waals surface area contributed by atoms with Crippen molar-refractivity contribution in [1.29, 1.82) is 0 Å². The molecular weight excluding hydrogens is 510 g/mol. The Labute approximate surface area is 231 Å². The number of thiazole rings is 1. The van der Waals surface area contributed by atoms with Crippen LogP contribution in [0.5, 0.6) is 11.5 Å². The van der Waals surface area contributed by atoms with E-state index in [9.17, 15) is 9.59 Å². The number of nitrogens with zero attached hydrogens (tertiary/aromatic N) is 2. The highest BCUT2D eigenvalue weighted by atomic mass is 32.1. The van der Waals surface area contributed by atoms with E-state index in [0.29, 0.717) is 10.7 Å². The topological polar surface area (TPSA) is 80.8 Å². The van der Waals surface area contributed by atoms with Gasteiger partial charge in [-0.25, -0.2) is 4.98 Å². The zero-order valence-electron chi connectivity index (χ0n) is 22.1. The van der Waals surface area contributed by atoms with E-state index in [-0.39, 0.29) is 17.9 Å². The molecule has 1 saturated carbocycles. The van der Waals surface area contributed by atoms with Gasteiger partial charge in [-0.3, -0.25) is 9.59 Å². The molecule has 39 heavy (non-hydrogen) atoms. The number of anilines is 1. The maximum absolute atomic E-state index is 14.2. The van der Waals surface area contributed by atoms with Gasteiger partial charge in [-0.2, -0.15) is 0 Å². The van der Waals surface area contributed by atoms with Crippen molar-refractivity contribution in [1.82, 2.24) is 9.88 Å². The Hall–Kier alpha value is -3.91. The lowest BCUT2D eigenvalue weighted by atomic mass is 9.77. The molecule has 8 heteroatoms. The summed E-state index contributed by atoms with van der Waals surface area (Å²) in [5.74, 6) is 0.690. The summed E-state index contributed by atoms with van der Waals surface area (Å²) < 4.78 is 11.7. The van der Waals surface area contributed by atoms with Crippen molar-refractivity contribution in [2.45, 2.75) is 50.1 Å². The normalized spacial score (nSPS) is 19.5. The van der Waals surface area contributed by atoms with Crippen LogP contribution in [0.4, 0.5) is 5.13 Å². The van der Waals surface area contributed by atoms with Crippen LogP contribution >= 0.6 is 11.3 Å². The van der Waals surface area contributed by atoms with Crippen LogP contribution in [0.25, 0.3) is 10.2 Å². The molecule has 0 radical (unpaired) electrons. The number of carbonyl (C=O) groups is 2. The number of fused-ring (bicyclic) bond motifs is 2. The number of ether oxygens (including phenoxy) is 2. The number of hydrogen-bond acceptors (Lipinski definition) is 6. The van der Waals surface area contributed by atoms with Crippen LogP contribution in [0.3, 0.4) is 0 Å². The fourth-order valence-corrected chi connectivity index (χ4v) is 6.92. The van der Waals surface area contributed by atoms with Crippen molar-refractivity contribution in [3.8, 4) is 11.5 Å². The number of hydrogen-bond donors (Lipinski definition) is 1. The fraction of sp³-hybridized carbons (Fsp3) is 0.323. The Morgan fingerprint density at radius 2 is 1.67 bits per heavy atom. The van der Waals surface area contributed by atoms with Crippen molar-refractivity contribution < 1.29 is 19.1 Å². The van der Waals surface area contributed by atoms with Crippen LogP contribution in [0.15, 0.2) is 66.7 Å². The predicted octanol–water partition coefficient (Wildman–Crippen LogP) is 6.57. The summed E-state index contributed by atoms with van der Waals surface area (Å²) in [6.07, 6.45) is 5.22. The minimum Gasteiger partial charge on any atom is -0.497 e. The maximum Gasteiger partial charge on any atom is 0.254 e. The van der Waals surface area contributed by atoms with Crippen LogP contribution < -0.4 is 14.8 Å². The molecule has 4 aromatic rings. The molecular formula is C31H31N3O4S. The zero-order valence-corrected chi connectivity index (χ0v) is 22.9. The highest BCUT2D eigenvalue weighted by molar-refractivity contribution is 7.22. The molecule has 0 spiro atoms. The summed E-state index contributed by atoms with van der Waals surface area (Å²) in [5.41, 5.74) is 3.06. The summed E-state index contributed by atoms with van der Waals surface area (Å²) >= 11 is 1.41. The lowest BCUT2D eigenvalue weighted by Crippen LogP contribution is -2.51. The maximum atomic E-state index is 14.2. The molecule has 2 aliphatic rings. The van der Waals surface area contributed by atoms with E-state index < -0.39 is 12.0 Å². The van der Waals surface area contributed by atoms with Crippen molar-refractivity contribution in [2.75, 3.05) is 19.5 Å². The predicted molar refractivity (Wildman–Crippen MR) is 153 cm³/mol. The molecule has 200 valence electrons. The molecule has 0 bridgehead atoms. The van der Waals surface area contributed by atoms with Gasteiger partial charge in [0.1, 0.15) is 11.5 Å². The van der Waals surface area contributed by atoms with E-state index in [1.54, 1.807) is 14.2 Å². The average Bonchev–Trinajstić information content (AvgIpc) is 3.38. The van der Waals surface area contributed by atoms with E-state index >= 15 is 0 Å². The number of amides is 2. The highest BCUT2D eigenvalue weighted by Gasteiger charge is 2.46. The second-order valence-corrected chi connectivity index (χ2v) is 11.2. The van der Waals surface area contributed by atoms with Crippen LogP contribution in [-0.2, 0) is 4.79 Å². The number of rotatable bonds is 6. The van der Waals surface area contributed by atoms with Gasteiger partial charge in [0, 0.05) is 11.6 Å². The Bertz CT molecular complexity index is 1510. The summed E-state index contributed by atoms with van der Waals surface area (Å²) in [7, 11) is 3.26. The van der Waals surface area contributed by atoms with Gasteiger partial charge in [0.25, 0.3) is 5.91 Å². The van der Waals surface area contributed by atoms with Crippen LogP contribution in [0, 0.1) is 0 Å². The summed E-state index contributed by atoms with van der Waals surface area (Å²) in [6, 6.07) is 20.6. The number of nitrogens with one attached hydrogen (secondary N) is 1.